The Morgan fingerprint density at radius 2 is 2.10 bits per heavy atom. The number of benzene rings is 1. The van der Waals surface area contributed by atoms with Crippen LogP contribution >= 0.6 is 0 Å². The number of nitrogens with one attached hydrogen (secondary N) is 1. The summed E-state index contributed by atoms with van der Waals surface area (Å²) in [5.41, 5.74) is 7.91. The van der Waals surface area contributed by atoms with E-state index in [0.29, 0.717) is 18.1 Å². The van der Waals surface area contributed by atoms with E-state index in [0.717, 1.165) is 67.0 Å². The third kappa shape index (κ3) is 3.73. The number of piperidine rings is 1. The van der Waals surface area contributed by atoms with Crippen molar-refractivity contribution >= 4 is 16.8 Å². The van der Waals surface area contributed by atoms with Crippen molar-refractivity contribution in [1.82, 2.24) is 14.9 Å². The number of nitrogens with zero attached hydrogens (tertiary/aromatic N) is 2. The topological polar surface area (TPSA) is 93.5 Å². The van der Waals surface area contributed by atoms with Crippen LogP contribution in [0.15, 0.2) is 42.7 Å². The van der Waals surface area contributed by atoms with Crippen LogP contribution in [0.4, 0.5) is 0 Å². The van der Waals surface area contributed by atoms with Crippen LogP contribution in [0.5, 0.6) is 11.5 Å². The van der Waals surface area contributed by atoms with Gasteiger partial charge in [0.25, 0.3) is 5.91 Å². The Morgan fingerprint density at radius 1 is 1.23 bits per heavy atom. The van der Waals surface area contributed by atoms with E-state index in [4.69, 9.17) is 15.2 Å². The van der Waals surface area contributed by atoms with Gasteiger partial charge in [0.2, 0.25) is 0 Å². The van der Waals surface area contributed by atoms with Crippen LogP contribution in [0.1, 0.15) is 28.9 Å². The van der Waals surface area contributed by atoms with Crippen molar-refractivity contribution < 1.29 is 14.3 Å². The molecule has 0 spiro atoms. The summed E-state index contributed by atoms with van der Waals surface area (Å²) in [6, 6.07) is 9.54. The first kappa shape index (κ1) is 18.9. The van der Waals surface area contributed by atoms with Gasteiger partial charge in [-0.05, 0) is 68.6 Å². The molecule has 2 aromatic heterocycles. The molecule has 3 N–H and O–H groups in total. The number of pyridine rings is 1. The molecular formula is C23H26N4O3. The second-order valence-corrected chi connectivity index (χ2v) is 8.19. The highest BCUT2D eigenvalue weighted by Gasteiger charge is 2.28. The first-order valence-corrected chi connectivity index (χ1v) is 10.5. The van der Waals surface area contributed by atoms with Crippen molar-refractivity contribution in [1.29, 1.82) is 0 Å². The first-order valence-electron chi connectivity index (χ1n) is 10.5. The van der Waals surface area contributed by atoms with Gasteiger partial charge in [-0.2, -0.15) is 0 Å². The number of ether oxygens (including phenoxy) is 2. The molecule has 2 aliphatic heterocycles. The highest BCUT2D eigenvalue weighted by Crippen LogP contribution is 2.38. The van der Waals surface area contributed by atoms with E-state index in [2.05, 4.69) is 14.9 Å². The highest BCUT2D eigenvalue weighted by molar-refractivity contribution is 5.93. The Morgan fingerprint density at radius 3 is 2.93 bits per heavy atom. The minimum Gasteiger partial charge on any atom is -0.486 e. The Labute approximate surface area is 175 Å². The molecular weight excluding hydrogens is 380 g/mol. The van der Waals surface area contributed by atoms with Gasteiger partial charge in [0, 0.05) is 29.8 Å². The molecule has 0 radical (unpaired) electrons. The minimum atomic E-state index is -0.401. The number of primary amides is 1. The number of aromatic amines is 1. The van der Waals surface area contributed by atoms with Crippen LogP contribution in [0, 0.1) is 5.92 Å². The summed E-state index contributed by atoms with van der Waals surface area (Å²) in [4.78, 5) is 21.7. The van der Waals surface area contributed by atoms with Crippen LogP contribution in [0.2, 0.25) is 0 Å². The fourth-order valence-corrected chi connectivity index (χ4v) is 4.55. The van der Waals surface area contributed by atoms with Crippen LogP contribution in [-0.4, -0.2) is 53.1 Å². The summed E-state index contributed by atoms with van der Waals surface area (Å²) in [7, 11) is 0. The third-order valence-corrected chi connectivity index (χ3v) is 6.16. The zero-order chi connectivity index (χ0) is 20.5. The molecule has 3 aromatic rings. The maximum atomic E-state index is 11.6. The van der Waals surface area contributed by atoms with Gasteiger partial charge >= 0.3 is 0 Å². The number of fused-ring (bicyclic) bond motifs is 3. The molecule has 7 nitrogen and oxygen atoms in total. The van der Waals surface area contributed by atoms with Gasteiger partial charge in [-0.3, -0.25) is 14.7 Å². The molecule has 1 aromatic carbocycles. The second-order valence-electron chi connectivity index (χ2n) is 8.19. The van der Waals surface area contributed by atoms with E-state index < -0.39 is 5.91 Å². The van der Waals surface area contributed by atoms with E-state index in [9.17, 15) is 4.79 Å². The average Bonchev–Trinajstić information content (AvgIpc) is 3.25. The molecule has 1 fully saturated rings. The number of H-pyrrole nitrogens is 1. The van der Waals surface area contributed by atoms with Gasteiger partial charge in [-0.1, -0.05) is 0 Å². The van der Waals surface area contributed by atoms with Gasteiger partial charge < -0.3 is 20.2 Å². The summed E-state index contributed by atoms with van der Waals surface area (Å²) in [6.07, 6.45) is 6.62. The number of rotatable bonds is 5. The van der Waals surface area contributed by atoms with Gasteiger partial charge in [0.05, 0.1) is 11.3 Å². The summed E-state index contributed by atoms with van der Waals surface area (Å²) in [5, 5.41) is 1.07. The SMILES string of the molecule is NC(=O)c1cccnc1CC1CCN(CC2COc3ccc4[nH]ccc4c3O2)CC1. The molecule has 2 aliphatic rings. The van der Waals surface area contributed by atoms with Crippen molar-refractivity contribution in [3.63, 3.8) is 0 Å². The van der Waals surface area contributed by atoms with E-state index in [1.165, 1.54) is 0 Å². The van der Waals surface area contributed by atoms with Crippen molar-refractivity contribution in [3.8, 4) is 11.5 Å². The molecule has 156 valence electrons. The smallest absolute Gasteiger partial charge is 0.250 e. The molecule has 1 atom stereocenters. The summed E-state index contributed by atoms with van der Waals surface area (Å²) < 4.78 is 12.3. The number of carbonyl (C=O) groups excluding carboxylic acids is 1. The second kappa shape index (κ2) is 7.99. The summed E-state index contributed by atoms with van der Waals surface area (Å²) >= 11 is 0. The lowest BCUT2D eigenvalue weighted by Crippen LogP contribution is -2.44. The Balaban J connectivity index is 1.17. The van der Waals surface area contributed by atoms with Crippen molar-refractivity contribution in [2.24, 2.45) is 11.7 Å². The van der Waals surface area contributed by atoms with Crippen LogP contribution < -0.4 is 15.2 Å². The van der Waals surface area contributed by atoms with E-state index >= 15 is 0 Å². The lowest BCUT2D eigenvalue weighted by Gasteiger charge is -2.35. The summed E-state index contributed by atoms with van der Waals surface area (Å²) in [5.74, 6) is 1.77. The zero-order valence-corrected chi connectivity index (χ0v) is 16.8. The highest BCUT2D eigenvalue weighted by atomic mass is 16.6. The molecule has 30 heavy (non-hydrogen) atoms. The lowest BCUT2D eigenvalue weighted by atomic mass is 9.90. The zero-order valence-electron chi connectivity index (χ0n) is 16.8. The predicted octanol–water partition coefficient (Wildman–Crippen LogP) is 2.76. The minimum absolute atomic E-state index is 0.0202. The molecule has 0 bridgehead atoms. The first-order chi connectivity index (χ1) is 14.7. The number of amides is 1. The molecule has 5 rings (SSSR count). The fraction of sp³-hybridized carbons (Fsp3) is 0.391. The van der Waals surface area contributed by atoms with Gasteiger partial charge in [-0.15, -0.1) is 0 Å². The predicted molar refractivity (Wildman–Crippen MR) is 114 cm³/mol. The van der Waals surface area contributed by atoms with Crippen molar-refractivity contribution in [2.75, 3.05) is 26.2 Å². The quantitative estimate of drug-likeness (QED) is 0.680. The Kier molecular flexibility index (Phi) is 5.04. The van der Waals surface area contributed by atoms with Gasteiger partial charge in [0.1, 0.15) is 12.7 Å². The number of hydrogen-bond acceptors (Lipinski definition) is 5. The number of likely N-dealkylation sites (tertiary alicyclic amines) is 1. The largest absolute Gasteiger partial charge is 0.486 e. The molecule has 0 saturated carbocycles. The normalized spacial score (nSPS) is 19.8. The average molecular weight is 406 g/mol. The van der Waals surface area contributed by atoms with Crippen molar-refractivity contribution in [3.05, 3.63) is 54.0 Å². The Hall–Kier alpha value is -3.06. The monoisotopic (exact) mass is 406 g/mol. The standard InChI is InChI=1S/C23H26N4O3/c24-23(28)18-2-1-8-25-20(18)12-15-6-10-27(11-7-15)13-16-14-29-21-4-3-19-17(5-9-26-19)22(21)30-16/h1-5,8-9,15-16,26H,6-7,10-14H2,(H2,24,28). The van der Waals surface area contributed by atoms with Gasteiger partial charge in [-0.25, -0.2) is 0 Å². The number of carbonyl (C=O) groups is 1. The van der Waals surface area contributed by atoms with Crippen molar-refractivity contribution in [2.45, 2.75) is 25.4 Å². The number of aromatic nitrogens is 2. The van der Waals surface area contributed by atoms with Crippen LogP contribution in [0.3, 0.4) is 0 Å². The van der Waals surface area contributed by atoms with E-state index in [1.807, 2.05) is 24.4 Å². The lowest BCUT2D eigenvalue weighted by molar-refractivity contribution is 0.0491. The molecule has 0 aliphatic carbocycles. The maximum absolute atomic E-state index is 11.6. The molecule has 1 unspecified atom stereocenters. The van der Waals surface area contributed by atoms with Gasteiger partial charge in [0.15, 0.2) is 11.5 Å². The van der Waals surface area contributed by atoms with E-state index in [1.54, 1.807) is 18.3 Å². The number of nitrogens with two attached hydrogens (primary N) is 1. The van der Waals surface area contributed by atoms with Crippen LogP contribution in [-0.2, 0) is 6.42 Å². The molecule has 1 amide bonds. The fourth-order valence-electron chi connectivity index (χ4n) is 4.55. The molecule has 4 heterocycles. The maximum Gasteiger partial charge on any atom is 0.250 e. The van der Waals surface area contributed by atoms with Crippen LogP contribution in [0.25, 0.3) is 10.9 Å². The van der Waals surface area contributed by atoms with E-state index in [-0.39, 0.29) is 6.10 Å². The third-order valence-electron chi connectivity index (χ3n) is 6.16. The molecule has 1 saturated heterocycles. The number of hydrogen-bond donors (Lipinski definition) is 2. The molecule has 7 heteroatoms. The Bertz CT molecular complexity index is 1060. The summed E-state index contributed by atoms with van der Waals surface area (Å²) in [6.45, 7) is 3.43.